The van der Waals surface area contributed by atoms with Gasteiger partial charge in [-0.3, -0.25) is 0 Å². The normalized spacial score (nSPS) is 10.5. The highest BCUT2D eigenvalue weighted by molar-refractivity contribution is 6.48. The van der Waals surface area contributed by atoms with Crippen LogP contribution in [0.4, 0.5) is 0 Å². The summed E-state index contributed by atoms with van der Waals surface area (Å²) in [7, 11) is 0. The van der Waals surface area contributed by atoms with E-state index in [1.165, 1.54) is 12.1 Å². The van der Waals surface area contributed by atoms with Gasteiger partial charge in [0.05, 0.1) is 26.3 Å². The van der Waals surface area contributed by atoms with Gasteiger partial charge in [-0.25, -0.2) is 9.78 Å². The van der Waals surface area contributed by atoms with Crippen LogP contribution in [0.25, 0.3) is 11.3 Å². The van der Waals surface area contributed by atoms with Gasteiger partial charge in [0.15, 0.2) is 0 Å². The Morgan fingerprint density at radius 2 is 1.63 bits per heavy atom. The first kappa shape index (κ1) is 14.4. The summed E-state index contributed by atoms with van der Waals surface area (Å²) in [5, 5.41) is 9.58. The van der Waals surface area contributed by atoms with E-state index in [1.54, 1.807) is 12.1 Å². The van der Waals surface area contributed by atoms with Crippen LogP contribution in [0.5, 0.6) is 0 Å². The molecule has 0 aliphatic rings. The maximum Gasteiger partial charge on any atom is 0.338 e. The lowest BCUT2D eigenvalue weighted by atomic mass is 10.1. The zero-order valence-corrected chi connectivity index (χ0v) is 12.1. The molecule has 2 aromatic rings. The summed E-state index contributed by atoms with van der Waals surface area (Å²) in [5.74, 6) is -1.14. The minimum atomic E-state index is -1.14. The number of hydrogen-bond acceptors (Lipinski definition) is 2. The molecule has 2 rings (SSSR count). The van der Waals surface area contributed by atoms with Gasteiger partial charge < -0.3 is 5.11 Å². The first-order valence-corrected chi connectivity index (χ1v) is 6.46. The minimum Gasteiger partial charge on any atom is -0.478 e. The van der Waals surface area contributed by atoms with E-state index in [9.17, 15) is 4.79 Å². The summed E-state index contributed by atoms with van der Waals surface area (Å²) in [6.45, 7) is 0. The van der Waals surface area contributed by atoms with Crippen molar-refractivity contribution in [2.24, 2.45) is 0 Å². The third-order valence-corrected chi connectivity index (χ3v) is 3.84. The van der Waals surface area contributed by atoms with Crippen LogP contribution < -0.4 is 0 Å². The molecule has 0 saturated heterocycles. The third kappa shape index (κ3) is 2.95. The molecule has 0 atom stereocenters. The van der Waals surface area contributed by atoms with Crippen molar-refractivity contribution >= 4 is 52.4 Å². The fourth-order valence-corrected chi connectivity index (χ4v) is 2.29. The SMILES string of the molecule is O=C(O)c1ccc(-c2cc(Cl)c(Cl)c(Cl)c2)nc1Cl. The summed E-state index contributed by atoms with van der Waals surface area (Å²) in [4.78, 5) is 14.8. The lowest BCUT2D eigenvalue weighted by Crippen LogP contribution is -1.99. The molecule has 1 heterocycles. The van der Waals surface area contributed by atoms with Gasteiger partial charge in [-0.1, -0.05) is 46.4 Å². The summed E-state index contributed by atoms with van der Waals surface area (Å²) >= 11 is 23.5. The van der Waals surface area contributed by atoms with Crippen LogP contribution >= 0.6 is 46.4 Å². The summed E-state index contributed by atoms with van der Waals surface area (Å²) in [5.41, 5.74) is 0.977. The zero-order valence-electron chi connectivity index (χ0n) is 9.12. The topological polar surface area (TPSA) is 50.2 Å². The Kier molecular flexibility index (Phi) is 4.21. The minimum absolute atomic E-state index is 0.0726. The Labute approximate surface area is 128 Å². The maximum atomic E-state index is 10.8. The van der Waals surface area contributed by atoms with E-state index in [1.807, 2.05) is 0 Å². The van der Waals surface area contributed by atoms with Crippen molar-refractivity contribution in [3.8, 4) is 11.3 Å². The number of halogens is 4. The van der Waals surface area contributed by atoms with Gasteiger partial charge in [-0.2, -0.15) is 0 Å². The van der Waals surface area contributed by atoms with Crippen molar-refractivity contribution in [3.63, 3.8) is 0 Å². The van der Waals surface area contributed by atoms with Gasteiger partial charge in [0.25, 0.3) is 0 Å². The molecular formula is C12H5Cl4NO2. The van der Waals surface area contributed by atoms with Gasteiger partial charge in [-0.15, -0.1) is 0 Å². The molecule has 0 aliphatic heterocycles. The Balaban J connectivity index is 2.54. The first-order valence-electron chi connectivity index (χ1n) is 4.95. The molecule has 7 heteroatoms. The Morgan fingerprint density at radius 3 is 2.11 bits per heavy atom. The van der Waals surface area contributed by atoms with Crippen LogP contribution in [0.3, 0.4) is 0 Å². The van der Waals surface area contributed by atoms with Crippen molar-refractivity contribution in [2.45, 2.75) is 0 Å². The fraction of sp³-hybridized carbons (Fsp3) is 0. The van der Waals surface area contributed by atoms with Crippen LogP contribution in [0.15, 0.2) is 24.3 Å². The third-order valence-electron chi connectivity index (χ3n) is 2.36. The quantitative estimate of drug-likeness (QED) is 0.616. The number of carboxylic acid groups (broad SMARTS) is 1. The monoisotopic (exact) mass is 335 g/mol. The molecule has 0 amide bonds. The molecule has 3 nitrogen and oxygen atoms in total. The molecule has 0 bridgehead atoms. The maximum absolute atomic E-state index is 10.8. The highest BCUT2D eigenvalue weighted by Crippen LogP contribution is 2.35. The van der Waals surface area contributed by atoms with E-state index in [4.69, 9.17) is 51.5 Å². The Morgan fingerprint density at radius 1 is 1.05 bits per heavy atom. The van der Waals surface area contributed by atoms with Gasteiger partial charge >= 0.3 is 5.97 Å². The molecule has 0 aliphatic carbocycles. The zero-order chi connectivity index (χ0) is 14.2. The van der Waals surface area contributed by atoms with E-state index >= 15 is 0 Å². The number of carbonyl (C=O) groups is 1. The van der Waals surface area contributed by atoms with Crippen molar-refractivity contribution in [1.82, 2.24) is 4.98 Å². The highest BCUT2D eigenvalue weighted by Gasteiger charge is 2.13. The standard InChI is InChI=1S/C12H5Cl4NO2/c13-7-3-5(4-8(14)10(7)15)9-2-1-6(12(18)19)11(16)17-9/h1-4H,(H,18,19). The van der Waals surface area contributed by atoms with Gasteiger partial charge in [0.1, 0.15) is 5.15 Å². The predicted molar refractivity (Wildman–Crippen MR) is 76.7 cm³/mol. The second-order valence-corrected chi connectivity index (χ2v) is 5.14. The first-order chi connectivity index (χ1) is 8.90. The summed E-state index contributed by atoms with van der Waals surface area (Å²) in [6.07, 6.45) is 0. The second kappa shape index (κ2) is 5.55. The van der Waals surface area contributed by atoms with Crippen molar-refractivity contribution < 1.29 is 9.90 Å². The number of benzene rings is 1. The van der Waals surface area contributed by atoms with E-state index in [0.717, 1.165) is 0 Å². The summed E-state index contributed by atoms with van der Waals surface area (Å²) < 4.78 is 0. The number of aromatic carboxylic acids is 1. The van der Waals surface area contributed by atoms with Crippen LogP contribution in [0.1, 0.15) is 10.4 Å². The molecule has 98 valence electrons. The van der Waals surface area contributed by atoms with E-state index in [-0.39, 0.29) is 25.8 Å². The molecule has 0 radical (unpaired) electrons. The molecule has 1 N–H and O–H groups in total. The lowest BCUT2D eigenvalue weighted by Gasteiger charge is -2.06. The molecule has 0 saturated carbocycles. The summed E-state index contributed by atoms with van der Waals surface area (Å²) in [6, 6.07) is 6.04. The van der Waals surface area contributed by atoms with Gasteiger partial charge in [0.2, 0.25) is 0 Å². The van der Waals surface area contributed by atoms with Crippen molar-refractivity contribution in [1.29, 1.82) is 0 Å². The number of hydrogen-bond donors (Lipinski definition) is 1. The average molecular weight is 337 g/mol. The molecule has 0 unspecified atom stereocenters. The number of carboxylic acids is 1. The molecule has 1 aromatic carbocycles. The number of nitrogens with zero attached hydrogens (tertiary/aromatic N) is 1. The Hall–Kier alpha value is -1.000. The average Bonchev–Trinajstić information content (AvgIpc) is 2.34. The Bertz CT molecular complexity index is 650. The van der Waals surface area contributed by atoms with Crippen molar-refractivity contribution in [2.75, 3.05) is 0 Å². The van der Waals surface area contributed by atoms with Crippen molar-refractivity contribution in [3.05, 3.63) is 50.0 Å². The number of rotatable bonds is 2. The predicted octanol–water partition coefficient (Wildman–Crippen LogP) is 5.06. The van der Waals surface area contributed by atoms with Crippen LogP contribution in [-0.2, 0) is 0 Å². The van der Waals surface area contributed by atoms with Gasteiger partial charge in [-0.05, 0) is 24.3 Å². The fourth-order valence-electron chi connectivity index (χ4n) is 1.46. The lowest BCUT2D eigenvalue weighted by molar-refractivity contribution is 0.0696. The smallest absolute Gasteiger partial charge is 0.338 e. The molecule has 1 aromatic heterocycles. The molecular weight excluding hydrogens is 332 g/mol. The highest BCUT2D eigenvalue weighted by atomic mass is 35.5. The van der Waals surface area contributed by atoms with E-state index < -0.39 is 5.97 Å². The van der Waals surface area contributed by atoms with E-state index in [2.05, 4.69) is 4.98 Å². The molecule has 0 spiro atoms. The van der Waals surface area contributed by atoms with Gasteiger partial charge in [0, 0.05) is 5.56 Å². The second-order valence-electron chi connectivity index (χ2n) is 3.59. The largest absolute Gasteiger partial charge is 0.478 e. The van der Waals surface area contributed by atoms with Crippen LogP contribution in [-0.4, -0.2) is 16.1 Å². The number of aromatic nitrogens is 1. The number of pyridine rings is 1. The molecule has 0 fully saturated rings. The van der Waals surface area contributed by atoms with E-state index in [0.29, 0.717) is 11.3 Å². The van der Waals surface area contributed by atoms with Crippen LogP contribution in [0.2, 0.25) is 20.2 Å². The molecule has 19 heavy (non-hydrogen) atoms. The van der Waals surface area contributed by atoms with Crippen LogP contribution in [0, 0.1) is 0 Å².